The number of hydrazone groups is 1. The molecular weight excluding hydrogens is 352 g/mol. The quantitative estimate of drug-likeness (QED) is 0.295. The van der Waals surface area contributed by atoms with Crippen LogP contribution in [0.1, 0.15) is 5.56 Å². The molecule has 1 atom stereocenters. The number of benzene rings is 1. The SMILES string of the molecule is C=CC[N+]1=C(N/N=C/c2ccc(O)cc2O)N=C2C1C(=O)N(C)C(=O)N2C. The largest absolute Gasteiger partial charge is 0.508 e. The smallest absolute Gasteiger partial charge is 0.414 e. The first kappa shape index (κ1) is 18.1. The Balaban J connectivity index is 1.90. The molecule has 27 heavy (non-hydrogen) atoms. The number of aliphatic imine (C=N–C) groups is 1. The molecule has 2 heterocycles. The Bertz CT molecular complexity index is 920. The van der Waals surface area contributed by atoms with Crippen LogP contribution < -0.4 is 5.43 Å². The third-order valence-corrected chi connectivity index (χ3v) is 4.24. The zero-order chi connectivity index (χ0) is 19.7. The number of amidine groups is 1. The van der Waals surface area contributed by atoms with E-state index in [4.69, 9.17) is 0 Å². The second-order valence-electron chi connectivity index (χ2n) is 5.99. The van der Waals surface area contributed by atoms with Crippen molar-refractivity contribution in [2.24, 2.45) is 10.1 Å². The van der Waals surface area contributed by atoms with E-state index in [-0.39, 0.29) is 17.5 Å². The van der Waals surface area contributed by atoms with Crippen LogP contribution in [0.5, 0.6) is 11.5 Å². The standard InChI is InChI=1S/C17H18N6O4/c1-4-7-23-13-14(21(2)17(27)22(3)15(13)26)19-16(23)20-18-9-10-5-6-11(24)8-12(10)25/h4-6,8-9,13H,1,7H2,2-3H3,(H2,18,24,25)/p+1. The van der Waals surface area contributed by atoms with Crippen molar-refractivity contribution in [2.75, 3.05) is 20.6 Å². The molecule has 1 aromatic rings. The van der Waals surface area contributed by atoms with E-state index in [1.165, 1.54) is 36.4 Å². The van der Waals surface area contributed by atoms with Crippen molar-refractivity contribution in [3.8, 4) is 11.5 Å². The van der Waals surface area contributed by atoms with Gasteiger partial charge in [-0.15, -0.1) is 5.10 Å². The van der Waals surface area contributed by atoms with Crippen LogP contribution in [0.15, 0.2) is 40.9 Å². The summed E-state index contributed by atoms with van der Waals surface area (Å²) in [5.41, 5.74) is 3.11. The van der Waals surface area contributed by atoms with Crippen LogP contribution in [0, 0.1) is 0 Å². The minimum Gasteiger partial charge on any atom is -0.508 e. The maximum Gasteiger partial charge on any atom is 0.414 e. The molecule has 0 spiro atoms. The van der Waals surface area contributed by atoms with Crippen LogP contribution in [0.2, 0.25) is 0 Å². The Morgan fingerprint density at radius 2 is 2.07 bits per heavy atom. The number of phenols is 2. The maximum absolute atomic E-state index is 12.6. The number of carbonyl (C=O) groups excluding carboxylic acids is 2. The summed E-state index contributed by atoms with van der Waals surface area (Å²) in [5, 5.41) is 23.1. The summed E-state index contributed by atoms with van der Waals surface area (Å²) in [4.78, 5) is 31.4. The molecule has 140 valence electrons. The topological polar surface area (TPSA) is 121 Å². The fourth-order valence-corrected chi connectivity index (χ4v) is 2.82. The Kier molecular flexibility index (Phi) is 4.63. The highest BCUT2D eigenvalue weighted by molar-refractivity contribution is 6.22. The van der Waals surface area contributed by atoms with Crippen molar-refractivity contribution in [3.05, 3.63) is 36.4 Å². The van der Waals surface area contributed by atoms with Gasteiger partial charge in [-0.3, -0.25) is 14.6 Å². The van der Waals surface area contributed by atoms with Crippen molar-refractivity contribution in [3.63, 3.8) is 0 Å². The summed E-state index contributed by atoms with van der Waals surface area (Å²) in [5.74, 6) is -0.0220. The number of guanidine groups is 1. The fraction of sp³-hybridized carbons (Fsp3) is 0.235. The molecule has 0 bridgehead atoms. The monoisotopic (exact) mass is 371 g/mol. The molecule has 2 aliphatic heterocycles. The molecule has 3 N–H and O–H groups in total. The molecule has 0 aliphatic carbocycles. The number of urea groups is 1. The molecule has 3 rings (SSSR count). The fourth-order valence-electron chi connectivity index (χ4n) is 2.82. The van der Waals surface area contributed by atoms with Crippen molar-refractivity contribution in [1.29, 1.82) is 0 Å². The van der Waals surface area contributed by atoms with Gasteiger partial charge in [0, 0.05) is 25.7 Å². The summed E-state index contributed by atoms with van der Waals surface area (Å²) in [6.07, 6.45) is 2.96. The highest BCUT2D eigenvalue weighted by atomic mass is 16.3. The van der Waals surface area contributed by atoms with Crippen molar-refractivity contribution >= 4 is 29.9 Å². The average Bonchev–Trinajstić information content (AvgIpc) is 2.99. The number of aromatic hydroxyl groups is 2. The maximum atomic E-state index is 12.6. The second-order valence-corrected chi connectivity index (χ2v) is 5.99. The number of nitrogens with one attached hydrogen (secondary N) is 1. The molecular formula is C17H19N6O4+. The van der Waals surface area contributed by atoms with Gasteiger partial charge in [0.15, 0.2) is 0 Å². The van der Waals surface area contributed by atoms with E-state index in [1.807, 2.05) is 0 Å². The van der Waals surface area contributed by atoms with Crippen LogP contribution in [-0.2, 0) is 4.79 Å². The van der Waals surface area contributed by atoms with Gasteiger partial charge in [-0.1, -0.05) is 17.6 Å². The minimum absolute atomic E-state index is 0.0641. The van der Waals surface area contributed by atoms with Crippen LogP contribution in [0.4, 0.5) is 4.79 Å². The number of rotatable bonds is 4. The molecule has 0 aromatic heterocycles. The molecule has 10 nitrogen and oxygen atoms in total. The number of carbonyl (C=O) groups is 2. The first-order valence-electron chi connectivity index (χ1n) is 8.04. The van der Waals surface area contributed by atoms with Gasteiger partial charge in [0.25, 0.3) is 5.91 Å². The number of phenolic OH excluding ortho intramolecular Hbond substituents is 2. The lowest BCUT2D eigenvalue weighted by atomic mass is 10.1. The normalized spacial score (nSPS) is 19.6. The highest BCUT2D eigenvalue weighted by Gasteiger charge is 2.51. The van der Waals surface area contributed by atoms with Crippen LogP contribution in [0.25, 0.3) is 0 Å². The molecule has 10 heteroatoms. The van der Waals surface area contributed by atoms with E-state index in [0.717, 1.165) is 4.90 Å². The van der Waals surface area contributed by atoms with Crippen molar-refractivity contribution in [1.82, 2.24) is 15.2 Å². The molecule has 3 amide bonds. The first-order chi connectivity index (χ1) is 12.8. The Morgan fingerprint density at radius 3 is 2.74 bits per heavy atom. The van der Waals surface area contributed by atoms with E-state index in [1.54, 1.807) is 17.7 Å². The van der Waals surface area contributed by atoms with E-state index in [9.17, 15) is 19.8 Å². The van der Waals surface area contributed by atoms with Crippen LogP contribution in [-0.4, -0.2) is 81.2 Å². The number of hydrogen-bond acceptors (Lipinski definition) is 7. The summed E-state index contributed by atoms with van der Waals surface area (Å²) in [7, 11) is 2.96. The summed E-state index contributed by atoms with van der Waals surface area (Å²) in [6, 6.07) is 2.88. The molecule has 1 saturated heterocycles. The molecule has 0 saturated carbocycles. The lowest BCUT2D eigenvalue weighted by molar-refractivity contribution is -0.527. The number of hydrogen-bond donors (Lipinski definition) is 3. The van der Waals surface area contributed by atoms with Gasteiger partial charge in [0.05, 0.1) is 12.8 Å². The van der Waals surface area contributed by atoms with Gasteiger partial charge < -0.3 is 10.2 Å². The van der Waals surface area contributed by atoms with Gasteiger partial charge in [-0.2, -0.15) is 5.43 Å². The lowest BCUT2D eigenvalue weighted by Gasteiger charge is -2.31. The average molecular weight is 371 g/mol. The van der Waals surface area contributed by atoms with E-state index in [2.05, 4.69) is 22.1 Å². The van der Waals surface area contributed by atoms with Gasteiger partial charge >= 0.3 is 12.0 Å². The van der Waals surface area contributed by atoms with Crippen molar-refractivity contribution < 1.29 is 24.4 Å². The van der Waals surface area contributed by atoms with E-state index >= 15 is 0 Å². The predicted molar refractivity (Wildman–Crippen MR) is 98.0 cm³/mol. The molecule has 2 aliphatic rings. The van der Waals surface area contributed by atoms with Gasteiger partial charge in [0.1, 0.15) is 11.5 Å². The minimum atomic E-state index is -0.754. The summed E-state index contributed by atoms with van der Waals surface area (Å²) < 4.78 is 1.64. The summed E-state index contributed by atoms with van der Waals surface area (Å²) in [6.45, 7) is 3.99. The number of fused-ring (bicyclic) bond motifs is 1. The number of imide groups is 1. The van der Waals surface area contributed by atoms with Crippen molar-refractivity contribution in [2.45, 2.75) is 6.04 Å². The first-order valence-corrected chi connectivity index (χ1v) is 8.04. The molecule has 1 unspecified atom stereocenters. The third-order valence-electron chi connectivity index (χ3n) is 4.24. The second kappa shape index (κ2) is 6.90. The van der Waals surface area contributed by atoms with Crippen LogP contribution in [0.3, 0.4) is 0 Å². The Labute approximate surface area is 155 Å². The number of nitrogens with zero attached hydrogens (tertiary/aromatic N) is 5. The van der Waals surface area contributed by atoms with Crippen LogP contribution >= 0.6 is 0 Å². The molecule has 1 fully saturated rings. The zero-order valence-electron chi connectivity index (χ0n) is 14.8. The zero-order valence-corrected chi connectivity index (χ0v) is 14.8. The molecule has 0 radical (unpaired) electrons. The Morgan fingerprint density at radius 1 is 1.33 bits per heavy atom. The van der Waals surface area contributed by atoms with E-state index in [0.29, 0.717) is 17.9 Å². The highest BCUT2D eigenvalue weighted by Crippen LogP contribution is 2.21. The summed E-state index contributed by atoms with van der Waals surface area (Å²) >= 11 is 0. The Hall–Kier alpha value is -3.69. The van der Waals surface area contributed by atoms with E-state index < -0.39 is 18.0 Å². The lowest BCUT2D eigenvalue weighted by Crippen LogP contribution is -2.61. The molecule has 1 aromatic carbocycles. The van der Waals surface area contributed by atoms with Gasteiger partial charge in [-0.25, -0.2) is 9.37 Å². The predicted octanol–water partition coefficient (Wildman–Crippen LogP) is -0.120. The van der Waals surface area contributed by atoms with Gasteiger partial charge in [-0.05, 0) is 12.1 Å². The number of likely N-dealkylation sites (N-methyl/N-ethyl adjacent to an activating group) is 2. The number of amides is 3. The van der Waals surface area contributed by atoms with Gasteiger partial charge in [0.2, 0.25) is 11.9 Å². The third kappa shape index (κ3) is 3.12.